The quantitative estimate of drug-likeness (QED) is 0.862. The van der Waals surface area contributed by atoms with Crippen LogP contribution in [0.4, 0.5) is 4.39 Å². The molecule has 2 aromatic rings. The maximum atomic E-state index is 13.8. The van der Waals surface area contributed by atoms with Crippen LogP contribution >= 0.6 is 0 Å². The molecule has 0 aliphatic carbocycles. The van der Waals surface area contributed by atoms with E-state index >= 15 is 0 Å². The molecular weight excluding hydrogens is 235 g/mol. The maximum absolute atomic E-state index is 13.8. The molecule has 0 spiro atoms. The van der Waals surface area contributed by atoms with Crippen molar-refractivity contribution in [2.75, 3.05) is 7.11 Å². The van der Waals surface area contributed by atoms with Crippen molar-refractivity contribution in [3.63, 3.8) is 0 Å². The highest BCUT2D eigenvalue weighted by atomic mass is 19.1. The Morgan fingerprint density at radius 3 is 2.56 bits per heavy atom. The van der Waals surface area contributed by atoms with Gasteiger partial charge in [-0.2, -0.15) is 0 Å². The zero-order valence-corrected chi connectivity index (χ0v) is 10.9. The fraction of sp³-hybridized carbons (Fsp3) is 0.308. The van der Waals surface area contributed by atoms with Crippen LogP contribution in [-0.2, 0) is 0 Å². The lowest BCUT2D eigenvalue weighted by Gasteiger charge is -2.07. The molecule has 3 N–H and O–H groups in total. The molecule has 0 bridgehead atoms. The number of benzene rings is 1. The van der Waals surface area contributed by atoms with Gasteiger partial charge in [-0.15, -0.1) is 0 Å². The monoisotopic (exact) mass is 252 g/mol. The number of nitrogens with two attached hydrogens (primary N) is 1. The van der Waals surface area contributed by atoms with Crippen molar-refractivity contribution in [3.8, 4) is 5.75 Å². The molecule has 1 aromatic carbocycles. The summed E-state index contributed by atoms with van der Waals surface area (Å²) in [4.78, 5) is 14.0. The van der Waals surface area contributed by atoms with E-state index in [2.05, 4.69) is 4.98 Å². The van der Waals surface area contributed by atoms with Crippen LogP contribution in [0.3, 0.4) is 0 Å². The number of primary amides is 1. The lowest BCUT2D eigenvalue weighted by Crippen LogP contribution is -2.13. The average Bonchev–Trinajstić information content (AvgIpc) is 2.72. The fourth-order valence-corrected chi connectivity index (χ4v) is 1.72. The molecule has 0 aliphatic heterocycles. The number of aromatic nitrogens is 1. The molecule has 0 aliphatic rings. The van der Waals surface area contributed by atoms with Crippen molar-refractivity contribution in [2.24, 2.45) is 5.73 Å². The number of ether oxygens (including phenoxy) is 1. The van der Waals surface area contributed by atoms with Gasteiger partial charge in [0.2, 0.25) is 0 Å². The van der Waals surface area contributed by atoms with Crippen molar-refractivity contribution in [3.05, 3.63) is 29.2 Å². The van der Waals surface area contributed by atoms with E-state index in [-0.39, 0.29) is 11.3 Å². The first-order valence-electron chi connectivity index (χ1n) is 5.70. The van der Waals surface area contributed by atoms with Gasteiger partial charge >= 0.3 is 0 Å². The van der Waals surface area contributed by atoms with Crippen LogP contribution in [0.25, 0.3) is 10.9 Å². The second-order valence-corrected chi connectivity index (χ2v) is 3.53. The van der Waals surface area contributed by atoms with Crippen LogP contribution in [0.2, 0.25) is 0 Å². The molecule has 4 nitrogen and oxygen atoms in total. The number of rotatable bonds is 2. The summed E-state index contributed by atoms with van der Waals surface area (Å²) in [6.07, 6.45) is 1.72. The first-order valence-corrected chi connectivity index (χ1v) is 5.70. The molecule has 0 fully saturated rings. The van der Waals surface area contributed by atoms with Gasteiger partial charge in [-0.1, -0.05) is 13.8 Å². The van der Waals surface area contributed by atoms with Crippen LogP contribution in [-0.4, -0.2) is 18.0 Å². The van der Waals surface area contributed by atoms with E-state index in [0.29, 0.717) is 5.52 Å². The largest absolute Gasteiger partial charge is 0.492 e. The Labute approximate surface area is 105 Å². The van der Waals surface area contributed by atoms with E-state index in [0.717, 1.165) is 10.9 Å². The predicted octanol–water partition coefficient (Wildman–Crippen LogP) is 2.75. The van der Waals surface area contributed by atoms with Gasteiger partial charge in [0.1, 0.15) is 0 Å². The molecule has 1 heterocycles. The van der Waals surface area contributed by atoms with Gasteiger partial charge in [-0.3, -0.25) is 4.79 Å². The van der Waals surface area contributed by atoms with Gasteiger partial charge in [-0.25, -0.2) is 4.39 Å². The van der Waals surface area contributed by atoms with E-state index in [1.807, 2.05) is 20.8 Å². The molecule has 0 atom stereocenters. The van der Waals surface area contributed by atoms with E-state index in [4.69, 9.17) is 10.5 Å². The third-order valence-electron chi connectivity index (χ3n) is 2.55. The molecule has 0 radical (unpaired) electrons. The highest BCUT2D eigenvalue weighted by Gasteiger charge is 2.19. The molecule has 1 amide bonds. The van der Waals surface area contributed by atoms with E-state index in [9.17, 15) is 9.18 Å². The second-order valence-electron chi connectivity index (χ2n) is 3.53. The topological polar surface area (TPSA) is 68.1 Å². The molecule has 18 heavy (non-hydrogen) atoms. The van der Waals surface area contributed by atoms with Crippen molar-refractivity contribution in [1.29, 1.82) is 0 Å². The molecule has 0 unspecified atom stereocenters. The van der Waals surface area contributed by atoms with Gasteiger partial charge in [-0.05, 0) is 18.6 Å². The minimum Gasteiger partial charge on any atom is -0.492 e. The number of hydrogen-bond acceptors (Lipinski definition) is 2. The van der Waals surface area contributed by atoms with Crippen molar-refractivity contribution < 1.29 is 13.9 Å². The summed E-state index contributed by atoms with van der Waals surface area (Å²) in [6, 6.07) is 1.43. The van der Waals surface area contributed by atoms with Crippen molar-refractivity contribution in [1.82, 2.24) is 4.98 Å². The van der Waals surface area contributed by atoms with Crippen molar-refractivity contribution >= 4 is 16.8 Å². The summed E-state index contributed by atoms with van der Waals surface area (Å²) >= 11 is 0. The summed E-state index contributed by atoms with van der Waals surface area (Å²) in [5.74, 6) is -1.53. The number of aromatic amines is 1. The highest BCUT2D eigenvalue weighted by Crippen LogP contribution is 2.32. The normalized spacial score (nSPS) is 9.83. The third kappa shape index (κ3) is 2.16. The first-order chi connectivity index (χ1) is 8.56. The number of carbonyl (C=O) groups excluding carboxylic acids is 1. The van der Waals surface area contributed by atoms with E-state index in [1.54, 1.807) is 6.20 Å². The van der Waals surface area contributed by atoms with Gasteiger partial charge in [0, 0.05) is 11.6 Å². The van der Waals surface area contributed by atoms with Crippen molar-refractivity contribution in [2.45, 2.75) is 20.8 Å². The molecule has 0 saturated carbocycles. The Bertz CT molecular complexity index is 576. The number of fused-ring (bicyclic) bond motifs is 1. The zero-order chi connectivity index (χ0) is 13.9. The number of amides is 1. The first kappa shape index (κ1) is 14.0. The minimum atomic E-state index is -0.807. The lowest BCUT2D eigenvalue weighted by molar-refractivity contribution is 0.0996. The second kappa shape index (κ2) is 5.53. The summed E-state index contributed by atoms with van der Waals surface area (Å²) < 4.78 is 18.8. The highest BCUT2D eigenvalue weighted by molar-refractivity contribution is 6.00. The number of carbonyl (C=O) groups is 1. The Morgan fingerprint density at radius 2 is 2.06 bits per heavy atom. The number of hydrogen-bond donors (Lipinski definition) is 2. The Morgan fingerprint density at radius 1 is 1.44 bits per heavy atom. The Kier molecular flexibility index (Phi) is 4.31. The smallest absolute Gasteiger partial charge is 0.251 e. The molecule has 98 valence electrons. The third-order valence-corrected chi connectivity index (χ3v) is 2.55. The minimum absolute atomic E-state index is 0.0133. The van der Waals surface area contributed by atoms with Gasteiger partial charge in [0.05, 0.1) is 18.2 Å². The van der Waals surface area contributed by atoms with Gasteiger partial charge < -0.3 is 15.5 Å². The summed E-state index contributed by atoms with van der Waals surface area (Å²) in [5.41, 5.74) is 6.37. The van der Waals surface area contributed by atoms with Crippen LogP contribution in [0.15, 0.2) is 12.3 Å². The van der Waals surface area contributed by atoms with Gasteiger partial charge in [0.25, 0.3) is 5.91 Å². The van der Waals surface area contributed by atoms with Crippen LogP contribution in [0.1, 0.15) is 29.8 Å². The standard InChI is InChI=1S/C11H11FN2O2.C2H6/c1-5-4-14-9-6(5)3-7(11(13)15)8(12)10(9)16-2;1-2/h3-4,14H,1-2H3,(H2,13,15);1-2H3. The summed E-state index contributed by atoms with van der Waals surface area (Å²) in [5, 5.41) is 0.729. The van der Waals surface area contributed by atoms with E-state index in [1.165, 1.54) is 13.2 Å². The predicted molar refractivity (Wildman–Crippen MR) is 69.4 cm³/mol. The number of nitrogens with one attached hydrogen (secondary N) is 1. The zero-order valence-electron chi connectivity index (χ0n) is 10.9. The lowest BCUT2D eigenvalue weighted by atomic mass is 10.1. The number of H-pyrrole nitrogens is 1. The van der Waals surface area contributed by atoms with Crippen LogP contribution < -0.4 is 10.5 Å². The number of methoxy groups -OCH3 is 1. The van der Waals surface area contributed by atoms with Crippen LogP contribution in [0.5, 0.6) is 5.75 Å². The van der Waals surface area contributed by atoms with Crippen LogP contribution in [0, 0.1) is 12.7 Å². The molecule has 2 rings (SSSR count). The SMILES string of the molecule is CC.COc1c(F)c(C(N)=O)cc2c(C)c[nH]c12. The molecule has 1 aromatic heterocycles. The molecular formula is C13H17FN2O2. The number of halogens is 1. The van der Waals surface area contributed by atoms with Gasteiger partial charge in [0.15, 0.2) is 11.6 Å². The average molecular weight is 252 g/mol. The fourth-order valence-electron chi connectivity index (χ4n) is 1.72. The Hall–Kier alpha value is -2.04. The maximum Gasteiger partial charge on any atom is 0.251 e. The Balaban J connectivity index is 0.000000771. The number of aryl methyl sites for hydroxylation is 1. The summed E-state index contributed by atoms with van der Waals surface area (Å²) in [6.45, 7) is 5.85. The summed E-state index contributed by atoms with van der Waals surface area (Å²) in [7, 11) is 1.35. The molecule has 0 saturated heterocycles. The van der Waals surface area contributed by atoms with E-state index < -0.39 is 11.7 Å². The molecule has 5 heteroatoms.